The average molecular weight is 206 g/mol. The lowest BCUT2D eigenvalue weighted by Crippen LogP contribution is -1.75. The zero-order chi connectivity index (χ0) is 5.82. The van der Waals surface area contributed by atoms with Gasteiger partial charge in [-0.15, -0.1) is 26.2 Å². The molecule has 0 aliphatic carbocycles. The number of hydrogen-bond acceptors (Lipinski definition) is 1. The molecule has 9 heavy (non-hydrogen) atoms. The summed E-state index contributed by atoms with van der Waals surface area (Å²) in [5.74, 6) is 0. The number of aromatic nitrogens is 1. The lowest BCUT2D eigenvalue weighted by molar-refractivity contribution is 1.25. The molecular weight excluding hydrogens is 197 g/mol. The molecule has 0 bridgehead atoms. The molecule has 1 rings (SSSR count). The number of pyridine rings is 1. The zero-order valence-corrected chi connectivity index (χ0v) is 7.82. The van der Waals surface area contributed by atoms with Crippen molar-refractivity contribution in [2.75, 3.05) is 0 Å². The third-order valence-electron chi connectivity index (χ3n) is 0.958. The van der Waals surface area contributed by atoms with E-state index in [4.69, 9.17) is 0 Å². The molecule has 0 aliphatic rings. The van der Waals surface area contributed by atoms with Crippen LogP contribution < -0.4 is 0 Å². The molecule has 1 unspecified atom stereocenters. The van der Waals surface area contributed by atoms with Crippen LogP contribution in [0.25, 0.3) is 0 Å². The summed E-state index contributed by atoms with van der Waals surface area (Å²) in [5.41, 5.74) is 1.26. The number of rotatable bonds is 1. The predicted molar refractivity (Wildman–Crippen MR) is 48.0 cm³/mol. The van der Waals surface area contributed by atoms with Gasteiger partial charge < -0.3 is 0 Å². The van der Waals surface area contributed by atoms with Crippen LogP contribution in [0.3, 0.4) is 0 Å². The lowest BCUT2D eigenvalue weighted by Gasteiger charge is -1.88. The number of nitrogens with zero attached hydrogens (tertiary/aromatic N) is 1. The number of hydrogen-bond donors (Lipinski definition) is 0. The van der Waals surface area contributed by atoms with Crippen molar-refractivity contribution in [3.63, 3.8) is 0 Å². The van der Waals surface area contributed by atoms with E-state index in [9.17, 15) is 0 Å². The molecule has 1 nitrogen and oxygen atoms in total. The van der Waals surface area contributed by atoms with Crippen molar-refractivity contribution in [3.05, 3.63) is 30.1 Å². The summed E-state index contributed by atoms with van der Waals surface area (Å²) in [6.45, 7) is 0. The van der Waals surface area contributed by atoms with Crippen molar-refractivity contribution >= 4 is 26.2 Å². The first-order chi connectivity index (χ1) is 3.93. The largest absolute Gasteiger partial charge is 0.264 e. The highest BCUT2D eigenvalue weighted by atomic mass is 79.9. The summed E-state index contributed by atoms with van der Waals surface area (Å²) in [6.07, 6.45) is 4.64. The van der Waals surface area contributed by atoms with Gasteiger partial charge in [0.1, 0.15) is 0 Å². The van der Waals surface area contributed by atoms with E-state index in [-0.39, 0.29) is 17.0 Å². The minimum Gasteiger partial charge on any atom is -0.264 e. The van der Waals surface area contributed by atoms with Crippen LogP contribution in [-0.2, 0) is 6.16 Å². The summed E-state index contributed by atoms with van der Waals surface area (Å²) in [6, 6.07) is 4.00. The third-order valence-corrected chi connectivity index (χ3v) is 1.43. The van der Waals surface area contributed by atoms with Crippen molar-refractivity contribution in [1.82, 2.24) is 4.98 Å². The molecule has 3 heteroatoms. The molecule has 1 atom stereocenters. The molecule has 0 radical (unpaired) electrons. The Bertz CT molecular complexity index is 154. The van der Waals surface area contributed by atoms with Crippen LogP contribution in [0.2, 0.25) is 0 Å². The van der Waals surface area contributed by atoms with E-state index in [2.05, 4.69) is 20.3 Å². The molecular formula is C6H9BrNP. The van der Waals surface area contributed by atoms with Crippen LogP contribution in [0, 0.1) is 0 Å². The highest BCUT2D eigenvalue weighted by Gasteiger charge is 1.81. The molecule has 0 N–H and O–H groups in total. The van der Waals surface area contributed by atoms with Gasteiger partial charge in [-0.2, -0.15) is 0 Å². The molecule has 1 aromatic rings. The summed E-state index contributed by atoms with van der Waals surface area (Å²) < 4.78 is 0. The first kappa shape index (κ1) is 9.06. The SMILES string of the molecule is Br.PCc1cccnc1. The maximum Gasteiger partial charge on any atom is 0.0303 e. The second kappa shape index (κ2) is 4.89. The van der Waals surface area contributed by atoms with Gasteiger partial charge in [0, 0.05) is 12.4 Å². The van der Waals surface area contributed by atoms with Gasteiger partial charge in [-0.1, -0.05) is 6.07 Å². The highest BCUT2D eigenvalue weighted by molar-refractivity contribution is 8.93. The highest BCUT2D eigenvalue weighted by Crippen LogP contribution is 2.00. The molecule has 0 spiro atoms. The Labute approximate surface area is 67.9 Å². The van der Waals surface area contributed by atoms with Gasteiger partial charge in [0.15, 0.2) is 0 Å². The first-order valence-corrected chi connectivity index (χ1v) is 3.34. The Morgan fingerprint density at radius 1 is 1.56 bits per heavy atom. The Balaban J connectivity index is 0.000000640. The van der Waals surface area contributed by atoms with E-state index in [0.29, 0.717) is 0 Å². The average Bonchev–Trinajstić information content (AvgIpc) is 1.90. The monoisotopic (exact) mass is 205 g/mol. The summed E-state index contributed by atoms with van der Waals surface area (Å²) >= 11 is 0. The third kappa shape index (κ3) is 2.92. The summed E-state index contributed by atoms with van der Waals surface area (Å²) in [4.78, 5) is 3.94. The van der Waals surface area contributed by atoms with Gasteiger partial charge in [-0.05, 0) is 17.8 Å². The van der Waals surface area contributed by atoms with Crippen molar-refractivity contribution in [2.24, 2.45) is 0 Å². The predicted octanol–water partition coefficient (Wildman–Crippen LogP) is 2.03. The van der Waals surface area contributed by atoms with Gasteiger partial charge in [0.05, 0.1) is 0 Å². The second-order valence-corrected chi connectivity index (χ2v) is 1.97. The fourth-order valence-corrected chi connectivity index (χ4v) is 0.760. The molecule has 1 aromatic heterocycles. The van der Waals surface area contributed by atoms with Gasteiger partial charge in [0.25, 0.3) is 0 Å². The van der Waals surface area contributed by atoms with Gasteiger partial charge in [0.2, 0.25) is 0 Å². The maximum absolute atomic E-state index is 3.94. The van der Waals surface area contributed by atoms with E-state index in [0.717, 1.165) is 6.16 Å². The normalized spacial score (nSPS) is 8.11. The molecule has 0 saturated carbocycles. The molecule has 50 valence electrons. The van der Waals surface area contributed by atoms with Crippen molar-refractivity contribution in [2.45, 2.75) is 6.16 Å². The van der Waals surface area contributed by atoms with E-state index in [1.54, 1.807) is 6.20 Å². The van der Waals surface area contributed by atoms with Crippen LogP contribution in [0.15, 0.2) is 24.5 Å². The second-order valence-electron chi connectivity index (χ2n) is 1.57. The minimum absolute atomic E-state index is 0. The molecule has 0 fully saturated rings. The topological polar surface area (TPSA) is 12.9 Å². The van der Waals surface area contributed by atoms with Crippen LogP contribution >= 0.6 is 26.2 Å². The van der Waals surface area contributed by atoms with Crippen LogP contribution in [0.5, 0.6) is 0 Å². The van der Waals surface area contributed by atoms with E-state index < -0.39 is 0 Å². The lowest BCUT2D eigenvalue weighted by atomic mass is 10.3. The molecule has 0 aliphatic heterocycles. The summed E-state index contributed by atoms with van der Waals surface area (Å²) in [5, 5.41) is 0. The maximum atomic E-state index is 3.94. The van der Waals surface area contributed by atoms with E-state index >= 15 is 0 Å². The smallest absolute Gasteiger partial charge is 0.0303 e. The fourth-order valence-electron chi connectivity index (χ4n) is 0.519. The van der Waals surface area contributed by atoms with Crippen LogP contribution in [0.4, 0.5) is 0 Å². The Hall–Kier alpha value is 0.0600. The Kier molecular flexibility index (Phi) is 4.93. The zero-order valence-electron chi connectivity index (χ0n) is 4.95. The van der Waals surface area contributed by atoms with Crippen LogP contribution in [0.1, 0.15) is 5.56 Å². The molecule has 0 amide bonds. The fraction of sp³-hybridized carbons (Fsp3) is 0.167. The quantitative estimate of drug-likeness (QED) is 0.640. The molecule has 0 saturated heterocycles. The van der Waals surface area contributed by atoms with Crippen LogP contribution in [-0.4, -0.2) is 4.98 Å². The van der Waals surface area contributed by atoms with Gasteiger partial charge in [-0.25, -0.2) is 0 Å². The van der Waals surface area contributed by atoms with Crippen molar-refractivity contribution < 1.29 is 0 Å². The van der Waals surface area contributed by atoms with Crippen molar-refractivity contribution in [3.8, 4) is 0 Å². The summed E-state index contributed by atoms with van der Waals surface area (Å²) in [7, 11) is 2.65. The Morgan fingerprint density at radius 3 is 2.67 bits per heavy atom. The van der Waals surface area contributed by atoms with Gasteiger partial charge in [-0.3, -0.25) is 4.98 Å². The molecule has 1 heterocycles. The van der Waals surface area contributed by atoms with E-state index in [1.807, 2.05) is 12.3 Å². The van der Waals surface area contributed by atoms with Gasteiger partial charge >= 0.3 is 0 Å². The Morgan fingerprint density at radius 2 is 2.33 bits per heavy atom. The number of halogens is 1. The van der Waals surface area contributed by atoms with Crippen molar-refractivity contribution in [1.29, 1.82) is 0 Å². The minimum atomic E-state index is 0. The van der Waals surface area contributed by atoms with E-state index in [1.165, 1.54) is 5.56 Å². The first-order valence-electron chi connectivity index (χ1n) is 2.52. The standard InChI is InChI=1S/C6H8NP.BrH/c8-5-6-2-1-3-7-4-6;/h1-4H,5,8H2;1H. The molecule has 0 aromatic carbocycles.